The second-order valence-electron chi connectivity index (χ2n) is 12.4. The minimum Gasteiger partial charge on any atom is -0.394 e. The Labute approximate surface area is 283 Å². The molecule has 272 valence electrons. The van der Waals surface area contributed by atoms with Gasteiger partial charge in [-0.2, -0.15) is 0 Å². The molecule has 0 aromatic carbocycles. The maximum Gasteiger partial charge on any atom is 0.249 e. The highest BCUT2D eigenvalue weighted by atomic mass is 16.7. The molecule has 1 heterocycles. The van der Waals surface area contributed by atoms with Crippen LogP contribution < -0.4 is 5.32 Å². The predicted molar refractivity (Wildman–Crippen MR) is 185 cm³/mol. The van der Waals surface area contributed by atoms with Crippen LogP contribution in [0.3, 0.4) is 0 Å². The molecule has 10 heteroatoms. The van der Waals surface area contributed by atoms with E-state index in [1.807, 2.05) is 6.08 Å². The first kappa shape index (κ1) is 43.1. The van der Waals surface area contributed by atoms with Gasteiger partial charge in [0.15, 0.2) is 6.29 Å². The molecule has 47 heavy (non-hydrogen) atoms. The van der Waals surface area contributed by atoms with Crippen LogP contribution in [0.4, 0.5) is 0 Å². The largest absolute Gasteiger partial charge is 0.394 e. The Hall–Kier alpha value is -1.89. The minimum absolute atomic E-state index is 0.276. The molecule has 0 aromatic rings. The Morgan fingerprint density at radius 3 is 1.87 bits per heavy atom. The van der Waals surface area contributed by atoms with Crippen LogP contribution in [0.5, 0.6) is 0 Å². The lowest BCUT2D eigenvalue weighted by atomic mass is 9.99. The van der Waals surface area contributed by atoms with E-state index in [9.17, 15) is 35.4 Å². The zero-order chi connectivity index (χ0) is 34.7. The molecule has 10 nitrogen and oxygen atoms in total. The molecule has 8 unspecified atom stereocenters. The molecule has 0 aromatic heterocycles. The molecule has 0 bridgehead atoms. The van der Waals surface area contributed by atoms with Gasteiger partial charge in [0.1, 0.15) is 30.5 Å². The fraction of sp³-hybridized carbons (Fsp3) is 0.757. The minimum atomic E-state index is -1.62. The van der Waals surface area contributed by atoms with Crippen molar-refractivity contribution < 1.29 is 44.9 Å². The molecule has 0 spiro atoms. The number of hydrogen-bond acceptors (Lipinski definition) is 9. The van der Waals surface area contributed by atoms with Crippen LogP contribution in [0.25, 0.3) is 0 Å². The van der Waals surface area contributed by atoms with Gasteiger partial charge in [-0.05, 0) is 64.2 Å². The van der Waals surface area contributed by atoms with E-state index in [0.717, 1.165) is 51.4 Å². The maximum absolute atomic E-state index is 12.9. The second-order valence-corrected chi connectivity index (χ2v) is 12.4. The summed E-state index contributed by atoms with van der Waals surface area (Å²) in [5, 5.41) is 64.0. The first-order chi connectivity index (χ1) is 22.8. The number of carbonyl (C=O) groups excluding carboxylic acids is 1. The van der Waals surface area contributed by atoms with Crippen LogP contribution in [0.15, 0.2) is 48.6 Å². The highest BCUT2D eigenvalue weighted by Crippen LogP contribution is 2.22. The van der Waals surface area contributed by atoms with E-state index in [1.54, 1.807) is 6.08 Å². The van der Waals surface area contributed by atoms with Crippen LogP contribution >= 0.6 is 0 Å². The number of unbranched alkanes of at least 4 members (excludes halogenated alkanes) is 10. The zero-order valence-electron chi connectivity index (χ0n) is 28.9. The van der Waals surface area contributed by atoms with Crippen molar-refractivity contribution in [3.8, 4) is 0 Å². The van der Waals surface area contributed by atoms with Gasteiger partial charge in [0.25, 0.3) is 0 Å². The Bertz CT molecular complexity index is 891. The molecular weight excluding hydrogens is 602 g/mol. The highest BCUT2D eigenvalue weighted by Gasteiger charge is 2.44. The number of aliphatic hydroxyl groups is 6. The average molecular weight is 668 g/mol. The standard InChI is InChI=1S/C37H65NO9/c1-3-5-7-9-11-13-14-15-16-18-19-21-23-25-30(40)29(28-46-37-35(44)34(43)33(42)32(27-39)47-37)38-36(45)31(41)26-24-22-20-17-12-10-8-6-4-2/h10-13,16,18,23,25,29-35,37,39-44H,3-9,14-15,17,19-22,24,26-28H2,1-2H3,(H,38,45)/b12-10-,13-11+,18-16+,25-23+. The zero-order valence-corrected chi connectivity index (χ0v) is 28.9. The Morgan fingerprint density at radius 2 is 1.28 bits per heavy atom. The van der Waals surface area contributed by atoms with Crippen molar-refractivity contribution in [1.29, 1.82) is 0 Å². The van der Waals surface area contributed by atoms with E-state index >= 15 is 0 Å². The van der Waals surface area contributed by atoms with Gasteiger partial charge in [-0.15, -0.1) is 0 Å². The van der Waals surface area contributed by atoms with Gasteiger partial charge < -0.3 is 45.4 Å². The molecule has 1 rings (SSSR count). The molecule has 1 aliphatic rings. The second kappa shape index (κ2) is 28.0. The van der Waals surface area contributed by atoms with Crippen LogP contribution in [-0.4, -0.2) is 98.7 Å². The molecule has 1 fully saturated rings. The Balaban J connectivity index is 2.64. The summed E-state index contributed by atoms with van der Waals surface area (Å²) in [7, 11) is 0. The quantitative estimate of drug-likeness (QED) is 0.0492. The first-order valence-electron chi connectivity index (χ1n) is 18.0. The van der Waals surface area contributed by atoms with E-state index in [2.05, 4.69) is 55.6 Å². The topological polar surface area (TPSA) is 169 Å². The van der Waals surface area contributed by atoms with Crippen molar-refractivity contribution in [2.45, 2.75) is 166 Å². The molecule has 7 N–H and O–H groups in total. The molecule has 1 amide bonds. The van der Waals surface area contributed by atoms with Gasteiger partial charge in [0.05, 0.1) is 25.4 Å². The number of hydrogen-bond donors (Lipinski definition) is 7. The van der Waals surface area contributed by atoms with E-state index < -0.39 is 61.5 Å². The molecule has 1 saturated heterocycles. The van der Waals surface area contributed by atoms with Crippen molar-refractivity contribution in [1.82, 2.24) is 5.32 Å². The normalized spacial score (nSPS) is 24.1. The summed E-state index contributed by atoms with van der Waals surface area (Å²) in [5.74, 6) is -0.651. The Kier molecular flexibility index (Phi) is 25.7. The van der Waals surface area contributed by atoms with Crippen LogP contribution in [0, 0.1) is 0 Å². The van der Waals surface area contributed by atoms with Crippen LogP contribution in [0.2, 0.25) is 0 Å². The average Bonchev–Trinajstić information content (AvgIpc) is 3.07. The van der Waals surface area contributed by atoms with Gasteiger partial charge in [-0.25, -0.2) is 0 Å². The number of amides is 1. The van der Waals surface area contributed by atoms with Crippen molar-refractivity contribution in [3.63, 3.8) is 0 Å². The fourth-order valence-electron chi connectivity index (χ4n) is 5.11. The highest BCUT2D eigenvalue weighted by molar-refractivity contribution is 5.80. The predicted octanol–water partition coefficient (Wildman–Crippen LogP) is 4.52. The molecule has 0 radical (unpaired) electrons. The summed E-state index contributed by atoms with van der Waals surface area (Å²) in [5.41, 5.74) is 0. The number of carbonyl (C=O) groups is 1. The van der Waals surface area contributed by atoms with Crippen molar-refractivity contribution in [3.05, 3.63) is 48.6 Å². The van der Waals surface area contributed by atoms with Crippen molar-refractivity contribution in [2.75, 3.05) is 13.2 Å². The smallest absolute Gasteiger partial charge is 0.249 e. The summed E-state index contributed by atoms with van der Waals surface area (Å²) < 4.78 is 11.0. The van der Waals surface area contributed by atoms with Gasteiger partial charge in [-0.3, -0.25) is 4.79 Å². The van der Waals surface area contributed by atoms with E-state index in [0.29, 0.717) is 12.8 Å². The van der Waals surface area contributed by atoms with Gasteiger partial charge in [0, 0.05) is 0 Å². The van der Waals surface area contributed by atoms with Gasteiger partial charge in [0.2, 0.25) is 5.91 Å². The third-order valence-electron chi connectivity index (χ3n) is 8.21. The molecular formula is C37H65NO9. The Morgan fingerprint density at radius 1 is 0.723 bits per heavy atom. The summed E-state index contributed by atoms with van der Waals surface area (Å²) in [6.45, 7) is 3.43. The van der Waals surface area contributed by atoms with Gasteiger partial charge >= 0.3 is 0 Å². The number of nitrogens with one attached hydrogen (secondary N) is 1. The lowest BCUT2D eigenvalue weighted by Gasteiger charge is -2.40. The summed E-state index contributed by atoms with van der Waals surface area (Å²) in [4.78, 5) is 12.9. The van der Waals surface area contributed by atoms with Gasteiger partial charge in [-0.1, -0.05) is 101 Å². The summed E-state index contributed by atoms with van der Waals surface area (Å²) in [6, 6.07) is -1.01. The number of aliphatic hydroxyl groups excluding tert-OH is 6. The number of allylic oxidation sites excluding steroid dienone is 7. The fourth-order valence-corrected chi connectivity index (χ4v) is 5.11. The SMILES string of the molecule is CCCC/C=C\CCCCCC(O)C(=O)NC(COC1OC(CO)C(O)C(O)C1O)C(O)/C=C/CC/C=C/CC/C=C/CCCCC. The first-order valence-corrected chi connectivity index (χ1v) is 18.0. The van der Waals surface area contributed by atoms with Crippen LogP contribution in [0.1, 0.15) is 117 Å². The van der Waals surface area contributed by atoms with Crippen LogP contribution in [-0.2, 0) is 14.3 Å². The lowest BCUT2D eigenvalue weighted by molar-refractivity contribution is -0.302. The molecule has 1 aliphatic heterocycles. The molecule has 0 aliphatic carbocycles. The third kappa shape index (κ3) is 19.6. The lowest BCUT2D eigenvalue weighted by Crippen LogP contribution is -2.60. The number of rotatable bonds is 27. The summed E-state index contributed by atoms with van der Waals surface area (Å²) in [6.07, 6.45) is 22.2. The number of ether oxygens (including phenoxy) is 2. The van der Waals surface area contributed by atoms with E-state index in [-0.39, 0.29) is 13.0 Å². The van der Waals surface area contributed by atoms with Crippen molar-refractivity contribution >= 4 is 5.91 Å². The summed E-state index contributed by atoms with van der Waals surface area (Å²) >= 11 is 0. The monoisotopic (exact) mass is 667 g/mol. The van der Waals surface area contributed by atoms with E-state index in [1.165, 1.54) is 32.1 Å². The molecule has 0 saturated carbocycles. The molecule has 8 atom stereocenters. The van der Waals surface area contributed by atoms with Crippen molar-refractivity contribution in [2.24, 2.45) is 0 Å². The van der Waals surface area contributed by atoms with E-state index in [4.69, 9.17) is 9.47 Å². The third-order valence-corrected chi connectivity index (χ3v) is 8.21. The maximum atomic E-state index is 12.9.